The molecular formula is C17H18FNO2. The van der Waals surface area contributed by atoms with Crippen molar-refractivity contribution in [3.8, 4) is 0 Å². The van der Waals surface area contributed by atoms with Gasteiger partial charge in [0.25, 0.3) is 0 Å². The zero-order valence-electron chi connectivity index (χ0n) is 12.1. The van der Waals surface area contributed by atoms with Gasteiger partial charge in [0, 0.05) is 18.7 Å². The van der Waals surface area contributed by atoms with Gasteiger partial charge in [0.15, 0.2) is 0 Å². The molecule has 0 spiro atoms. The summed E-state index contributed by atoms with van der Waals surface area (Å²) in [5.74, 6) is -1.60. The Hall–Kier alpha value is -2.20. The lowest BCUT2D eigenvalue weighted by Crippen LogP contribution is -2.18. The number of carboxylic acid groups (broad SMARTS) is 1. The minimum absolute atomic E-state index is 0.0300. The normalized spacial score (nSPS) is 10.9. The first-order valence-electron chi connectivity index (χ1n) is 6.71. The van der Waals surface area contributed by atoms with Crippen LogP contribution in [0.25, 0.3) is 0 Å². The van der Waals surface area contributed by atoms with Crippen LogP contribution in [0.4, 0.5) is 4.39 Å². The molecule has 21 heavy (non-hydrogen) atoms. The molecule has 3 nitrogen and oxygen atoms in total. The first-order valence-corrected chi connectivity index (χ1v) is 6.71. The van der Waals surface area contributed by atoms with E-state index in [2.05, 4.69) is 6.07 Å². The molecule has 0 unspecified atom stereocenters. The second-order valence-corrected chi connectivity index (χ2v) is 5.27. The number of aryl methyl sites for hydroxylation is 1. The summed E-state index contributed by atoms with van der Waals surface area (Å²) in [4.78, 5) is 12.8. The Balaban J connectivity index is 2.06. The maximum atomic E-state index is 13.9. The van der Waals surface area contributed by atoms with Crippen LogP contribution < -0.4 is 0 Å². The molecule has 0 aliphatic rings. The van der Waals surface area contributed by atoms with Crippen LogP contribution in [0.3, 0.4) is 0 Å². The van der Waals surface area contributed by atoms with Gasteiger partial charge in [-0.1, -0.05) is 35.9 Å². The fourth-order valence-electron chi connectivity index (χ4n) is 2.28. The van der Waals surface area contributed by atoms with Crippen molar-refractivity contribution in [2.75, 3.05) is 7.05 Å². The fourth-order valence-corrected chi connectivity index (χ4v) is 2.28. The number of carbonyl (C=O) groups is 1. The summed E-state index contributed by atoms with van der Waals surface area (Å²) in [7, 11) is 1.91. The molecule has 0 amide bonds. The minimum Gasteiger partial charge on any atom is -0.478 e. The summed E-state index contributed by atoms with van der Waals surface area (Å²) in [5, 5.41) is 8.83. The van der Waals surface area contributed by atoms with E-state index >= 15 is 0 Å². The van der Waals surface area contributed by atoms with E-state index in [4.69, 9.17) is 5.11 Å². The first-order chi connectivity index (χ1) is 9.95. The summed E-state index contributed by atoms with van der Waals surface area (Å²) < 4.78 is 13.9. The standard InChI is InChI=1S/C17H18FNO2/c1-12-4-3-5-13(8-12)10-19(2)11-15-7-6-14(17(20)21)9-16(15)18/h3-9H,10-11H2,1-2H3,(H,20,21). The molecule has 0 saturated heterocycles. The van der Waals surface area contributed by atoms with Gasteiger partial charge in [-0.2, -0.15) is 0 Å². The molecule has 0 aliphatic carbocycles. The van der Waals surface area contributed by atoms with Gasteiger partial charge in [-0.05, 0) is 31.7 Å². The Morgan fingerprint density at radius 3 is 2.57 bits per heavy atom. The van der Waals surface area contributed by atoms with E-state index in [1.165, 1.54) is 23.3 Å². The molecule has 1 N–H and O–H groups in total. The van der Waals surface area contributed by atoms with Crippen LogP contribution >= 0.6 is 0 Å². The monoisotopic (exact) mass is 287 g/mol. The topological polar surface area (TPSA) is 40.5 Å². The highest BCUT2D eigenvalue weighted by Crippen LogP contribution is 2.14. The van der Waals surface area contributed by atoms with Crippen LogP contribution in [-0.2, 0) is 13.1 Å². The van der Waals surface area contributed by atoms with E-state index in [9.17, 15) is 9.18 Å². The lowest BCUT2D eigenvalue weighted by molar-refractivity contribution is 0.0696. The van der Waals surface area contributed by atoms with Crippen molar-refractivity contribution in [2.24, 2.45) is 0 Å². The third-order valence-corrected chi connectivity index (χ3v) is 3.28. The molecule has 110 valence electrons. The minimum atomic E-state index is -1.12. The summed E-state index contributed by atoms with van der Waals surface area (Å²) in [6, 6.07) is 12.2. The number of halogens is 1. The molecule has 0 bridgehead atoms. The van der Waals surface area contributed by atoms with E-state index < -0.39 is 11.8 Å². The molecule has 2 rings (SSSR count). The quantitative estimate of drug-likeness (QED) is 0.915. The van der Waals surface area contributed by atoms with Gasteiger partial charge < -0.3 is 5.11 Å². The van der Waals surface area contributed by atoms with Crippen molar-refractivity contribution in [3.05, 3.63) is 70.5 Å². The average molecular weight is 287 g/mol. The second kappa shape index (κ2) is 6.50. The van der Waals surface area contributed by atoms with Gasteiger partial charge in [0.2, 0.25) is 0 Å². The van der Waals surface area contributed by atoms with Gasteiger partial charge in [0.1, 0.15) is 5.82 Å². The van der Waals surface area contributed by atoms with Crippen molar-refractivity contribution in [1.29, 1.82) is 0 Å². The number of aromatic carboxylic acids is 1. The van der Waals surface area contributed by atoms with E-state index in [1.807, 2.05) is 37.1 Å². The van der Waals surface area contributed by atoms with Crippen molar-refractivity contribution in [3.63, 3.8) is 0 Å². The summed E-state index contributed by atoms with van der Waals surface area (Å²) >= 11 is 0. The molecule has 0 aliphatic heterocycles. The fraction of sp³-hybridized carbons (Fsp3) is 0.235. The predicted molar refractivity (Wildman–Crippen MR) is 79.7 cm³/mol. The van der Waals surface area contributed by atoms with Crippen molar-refractivity contribution >= 4 is 5.97 Å². The Morgan fingerprint density at radius 2 is 1.95 bits per heavy atom. The molecule has 0 aromatic heterocycles. The Kier molecular flexibility index (Phi) is 4.70. The van der Waals surface area contributed by atoms with Crippen LogP contribution in [0.15, 0.2) is 42.5 Å². The first kappa shape index (κ1) is 15.2. The largest absolute Gasteiger partial charge is 0.478 e. The Labute approximate surface area is 123 Å². The van der Waals surface area contributed by atoms with Crippen LogP contribution in [0, 0.1) is 12.7 Å². The van der Waals surface area contributed by atoms with Gasteiger partial charge in [-0.3, -0.25) is 4.90 Å². The highest BCUT2D eigenvalue weighted by Gasteiger charge is 2.10. The zero-order valence-corrected chi connectivity index (χ0v) is 12.1. The number of benzene rings is 2. The molecule has 0 radical (unpaired) electrons. The molecule has 0 heterocycles. The number of hydrogen-bond donors (Lipinski definition) is 1. The number of rotatable bonds is 5. The highest BCUT2D eigenvalue weighted by molar-refractivity contribution is 5.87. The van der Waals surface area contributed by atoms with Crippen molar-refractivity contribution in [2.45, 2.75) is 20.0 Å². The summed E-state index contributed by atoms with van der Waals surface area (Å²) in [6.45, 7) is 3.18. The van der Waals surface area contributed by atoms with Crippen molar-refractivity contribution in [1.82, 2.24) is 4.90 Å². The molecule has 2 aromatic rings. The molecule has 4 heteroatoms. The third-order valence-electron chi connectivity index (χ3n) is 3.28. The van der Waals surface area contributed by atoms with Gasteiger partial charge in [-0.25, -0.2) is 9.18 Å². The molecule has 0 fully saturated rings. The Morgan fingerprint density at radius 1 is 1.19 bits per heavy atom. The second-order valence-electron chi connectivity index (χ2n) is 5.27. The maximum Gasteiger partial charge on any atom is 0.335 e. The van der Waals surface area contributed by atoms with E-state index in [-0.39, 0.29) is 5.56 Å². The smallest absolute Gasteiger partial charge is 0.335 e. The van der Waals surface area contributed by atoms with Gasteiger partial charge in [0.05, 0.1) is 5.56 Å². The van der Waals surface area contributed by atoms with Crippen LogP contribution in [0.2, 0.25) is 0 Å². The number of carboxylic acids is 1. The van der Waals surface area contributed by atoms with E-state index in [1.54, 1.807) is 0 Å². The van der Waals surface area contributed by atoms with Crippen molar-refractivity contribution < 1.29 is 14.3 Å². The maximum absolute atomic E-state index is 13.9. The van der Waals surface area contributed by atoms with E-state index in [0.29, 0.717) is 18.7 Å². The molecule has 2 aromatic carbocycles. The van der Waals surface area contributed by atoms with Gasteiger partial charge >= 0.3 is 5.97 Å². The zero-order chi connectivity index (χ0) is 15.4. The summed E-state index contributed by atoms with van der Waals surface area (Å²) in [6.07, 6.45) is 0. The van der Waals surface area contributed by atoms with E-state index in [0.717, 1.165) is 6.07 Å². The summed E-state index contributed by atoms with van der Waals surface area (Å²) in [5.41, 5.74) is 2.82. The molecule has 0 saturated carbocycles. The molecule has 0 atom stereocenters. The van der Waals surface area contributed by atoms with Crippen LogP contribution in [0.1, 0.15) is 27.0 Å². The van der Waals surface area contributed by atoms with Gasteiger partial charge in [-0.15, -0.1) is 0 Å². The average Bonchev–Trinajstić information content (AvgIpc) is 2.40. The molecular weight excluding hydrogens is 269 g/mol. The predicted octanol–water partition coefficient (Wildman–Crippen LogP) is 3.46. The Bertz CT molecular complexity index is 655. The lowest BCUT2D eigenvalue weighted by atomic mass is 10.1. The number of nitrogens with zero attached hydrogens (tertiary/aromatic N) is 1. The number of hydrogen-bond acceptors (Lipinski definition) is 2. The van der Waals surface area contributed by atoms with Crippen LogP contribution in [0.5, 0.6) is 0 Å². The highest BCUT2D eigenvalue weighted by atomic mass is 19.1. The SMILES string of the molecule is Cc1cccc(CN(C)Cc2ccc(C(=O)O)cc2F)c1. The third kappa shape index (κ3) is 4.13. The lowest BCUT2D eigenvalue weighted by Gasteiger charge is -2.17. The van der Waals surface area contributed by atoms with Crippen LogP contribution in [-0.4, -0.2) is 23.0 Å².